The molecular formula is C13H16N2. The van der Waals surface area contributed by atoms with Crippen molar-refractivity contribution in [2.24, 2.45) is 0 Å². The van der Waals surface area contributed by atoms with Crippen molar-refractivity contribution < 1.29 is 0 Å². The lowest BCUT2D eigenvalue weighted by molar-refractivity contribution is 0.220. The molecule has 0 heterocycles. The predicted octanol–water partition coefficient (Wildman–Crippen LogP) is 2.54. The first-order valence-corrected chi connectivity index (χ1v) is 4.92. The van der Waals surface area contributed by atoms with Gasteiger partial charge in [0.1, 0.15) is 5.54 Å². The first-order chi connectivity index (χ1) is 7.17. The summed E-state index contributed by atoms with van der Waals surface area (Å²) in [6, 6.07) is 12.2. The van der Waals surface area contributed by atoms with Gasteiger partial charge in [-0.2, -0.15) is 5.26 Å². The quantitative estimate of drug-likeness (QED) is 0.698. The van der Waals surface area contributed by atoms with Crippen LogP contribution in [0.25, 0.3) is 0 Å². The first-order valence-electron chi connectivity index (χ1n) is 4.92. The summed E-state index contributed by atoms with van der Waals surface area (Å²) in [5.41, 5.74) is 0.417. The van der Waals surface area contributed by atoms with Crippen molar-refractivity contribution >= 4 is 0 Å². The molecule has 0 saturated heterocycles. The maximum absolute atomic E-state index is 9.39. The van der Waals surface area contributed by atoms with E-state index in [2.05, 4.69) is 12.6 Å². The lowest BCUT2D eigenvalue weighted by atomic mass is 9.87. The number of nitrogens with zero attached hydrogens (tertiary/aromatic N) is 2. The van der Waals surface area contributed by atoms with Gasteiger partial charge in [-0.1, -0.05) is 36.4 Å². The summed E-state index contributed by atoms with van der Waals surface area (Å²) < 4.78 is 0. The van der Waals surface area contributed by atoms with Gasteiger partial charge in [-0.25, -0.2) is 0 Å². The minimum absolute atomic E-state index is 0.594. The molecule has 1 atom stereocenters. The summed E-state index contributed by atoms with van der Waals surface area (Å²) in [6.45, 7) is 3.72. The Kier molecular flexibility index (Phi) is 3.65. The van der Waals surface area contributed by atoms with Gasteiger partial charge < -0.3 is 0 Å². The van der Waals surface area contributed by atoms with E-state index in [1.165, 1.54) is 0 Å². The summed E-state index contributed by atoms with van der Waals surface area (Å²) in [4.78, 5) is 1.93. The molecule has 0 saturated carbocycles. The lowest BCUT2D eigenvalue weighted by Crippen LogP contribution is -2.39. The minimum atomic E-state index is -0.594. The standard InChI is InChI=1S/C13H16N2/c1-4-10-13(11-14,15(2)3)12-8-6-5-7-9-12/h4-9H,1,10H2,2-3H3. The normalized spacial score (nSPS) is 14.3. The molecule has 0 spiro atoms. The molecule has 0 aliphatic carbocycles. The molecular weight excluding hydrogens is 184 g/mol. The molecule has 1 aromatic rings. The Hall–Kier alpha value is -1.59. The summed E-state index contributed by atoms with van der Waals surface area (Å²) in [7, 11) is 3.83. The Morgan fingerprint density at radius 1 is 1.40 bits per heavy atom. The highest BCUT2D eigenvalue weighted by Crippen LogP contribution is 2.29. The Morgan fingerprint density at radius 3 is 2.40 bits per heavy atom. The van der Waals surface area contributed by atoms with Crippen LogP contribution in [0.2, 0.25) is 0 Å². The van der Waals surface area contributed by atoms with E-state index in [0.717, 1.165) is 5.56 Å². The van der Waals surface area contributed by atoms with E-state index < -0.39 is 5.54 Å². The molecule has 1 unspecified atom stereocenters. The zero-order valence-corrected chi connectivity index (χ0v) is 9.27. The molecule has 0 N–H and O–H groups in total. The van der Waals surface area contributed by atoms with Gasteiger partial charge in [-0.15, -0.1) is 6.58 Å². The second kappa shape index (κ2) is 4.77. The SMILES string of the molecule is C=CCC(C#N)(c1ccccc1)N(C)C. The van der Waals surface area contributed by atoms with E-state index >= 15 is 0 Å². The third-order valence-corrected chi connectivity index (χ3v) is 2.64. The molecule has 0 aromatic heterocycles. The average Bonchev–Trinajstić information content (AvgIpc) is 2.26. The molecule has 1 aromatic carbocycles. The van der Waals surface area contributed by atoms with Crippen molar-refractivity contribution in [3.8, 4) is 6.07 Å². The number of hydrogen-bond acceptors (Lipinski definition) is 2. The van der Waals surface area contributed by atoms with E-state index in [9.17, 15) is 5.26 Å². The van der Waals surface area contributed by atoms with Crippen LogP contribution in [0.3, 0.4) is 0 Å². The van der Waals surface area contributed by atoms with Crippen molar-refractivity contribution in [1.29, 1.82) is 5.26 Å². The second-order valence-electron chi connectivity index (χ2n) is 3.73. The fourth-order valence-corrected chi connectivity index (χ4v) is 1.69. The van der Waals surface area contributed by atoms with Crippen LogP contribution < -0.4 is 0 Å². The predicted molar refractivity (Wildman–Crippen MR) is 62.2 cm³/mol. The molecule has 78 valence electrons. The van der Waals surface area contributed by atoms with Gasteiger partial charge in [0.25, 0.3) is 0 Å². The molecule has 0 amide bonds. The van der Waals surface area contributed by atoms with Crippen molar-refractivity contribution in [2.75, 3.05) is 14.1 Å². The Morgan fingerprint density at radius 2 is 2.00 bits per heavy atom. The van der Waals surface area contributed by atoms with E-state index in [-0.39, 0.29) is 0 Å². The van der Waals surface area contributed by atoms with Crippen LogP contribution in [0, 0.1) is 11.3 Å². The molecule has 2 heteroatoms. The highest BCUT2D eigenvalue weighted by atomic mass is 15.1. The van der Waals surface area contributed by atoms with Crippen LogP contribution in [-0.4, -0.2) is 19.0 Å². The monoisotopic (exact) mass is 200 g/mol. The first kappa shape index (κ1) is 11.5. The molecule has 15 heavy (non-hydrogen) atoms. The van der Waals surface area contributed by atoms with Crippen LogP contribution in [0.5, 0.6) is 0 Å². The van der Waals surface area contributed by atoms with Crippen molar-refractivity contribution in [3.63, 3.8) is 0 Å². The molecule has 0 aliphatic heterocycles. The average molecular weight is 200 g/mol. The Balaban J connectivity index is 3.23. The lowest BCUT2D eigenvalue weighted by Gasteiger charge is -2.33. The molecule has 0 aliphatic rings. The zero-order chi connectivity index (χ0) is 11.3. The van der Waals surface area contributed by atoms with Crippen LogP contribution in [-0.2, 0) is 5.54 Å². The Labute approximate surface area is 91.4 Å². The molecule has 0 fully saturated rings. The van der Waals surface area contributed by atoms with E-state index in [1.54, 1.807) is 6.08 Å². The number of rotatable bonds is 4. The van der Waals surface area contributed by atoms with E-state index in [0.29, 0.717) is 6.42 Å². The smallest absolute Gasteiger partial charge is 0.137 e. The Bertz CT molecular complexity index is 362. The highest BCUT2D eigenvalue weighted by molar-refractivity contribution is 5.32. The maximum Gasteiger partial charge on any atom is 0.137 e. The molecule has 2 nitrogen and oxygen atoms in total. The summed E-state index contributed by atoms with van der Waals surface area (Å²) in [5, 5.41) is 9.39. The van der Waals surface area contributed by atoms with E-state index in [4.69, 9.17) is 0 Å². The van der Waals surface area contributed by atoms with Gasteiger partial charge in [0.05, 0.1) is 6.07 Å². The van der Waals surface area contributed by atoms with Gasteiger partial charge in [-0.3, -0.25) is 4.90 Å². The van der Waals surface area contributed by atoms with Crippen molar-refractivity contribution in [3.05, 3.63) is 48.6 Å². The molecule has 0 radical (unpaired) electrons. The minimum Gasteiger partial charge on any atom is -0.288 e. The summed E-state index contributed by atoms with van der Waals surface area (Å²) >= 11 is 0. The van der Waals surface area contributed by atoms with Crippen molar-refractivity contribution in [1.82, 2.24) is 4.90 Å². The third kappa shape index (κ3) is 2.08. The number of benzene rings is 1. The van der Waals surface area contributed by atoms with Gasteiger partial charge in [-0.05, 0) is 19.7 Å². The maximum atomic E-state index is 9.39. The zero-order valence-electron chi connectivity index (χ0n) is 9.27. The second-order valence-corrected chi connectivity index (χ2v) is 3.73. The topological polar surface area (TPSA) is 27.0 Å². The fourth-order valence-electron chi connectivity index (χ4n) is 1.69. The van der Waals surface area contributed by atoms with Gasteiger partial charge in [0.2, 0.25) is 0 Å². The van der Waals surface area contributed by atoms with Gasteiger partial charge in [0, 0.05) is 6.42 Å². The van der Waals surface area contributed by atoms with E-state index in [1.807, 2.05) is 49.3 Å². The molecule has 1 rings (SSSR count). The third-order valence-electron chi connectivity index (χ3n) is 2.64. The summed E-state index contributed by atoms with van der Waals surface area (Å²) in [6.07, 6.45) is 2.41. The summed E-state index contributed by atoms with van der Waals surface area (Å²) in [5.74, 6) is 0. The largest absolute Gasteiger partial charge is 0.288 e. The van der Waals surface area contributed by atoms with Crippen LogP contribution in [0.4, 0.5) is 0 Å². The number of nitriles is 1. The van der Waals surface area contributed by atoms with Gasteiger partial charge >= 0.3 is 0 Å². The molecule has 0 bridgehead atoms. The number of hydrogen-bond donors (Lipinski definition) is 0. The van der Waals surface area contributed by atoms with Crippen LogP contribution in [0.15, 0.2) is 43.0 Å². The van der Waals surface area contributed by atoms with Gasteiger partial charge in [0.15, 0.2) is 0 Å². The van der Waals surface area contributed by atoms with Crippen LogP contribution in [0.1, 0.15) is 12.0 Å². The van der Waals surface area contributed by atoms with Crippen LogP contribution >= 0.6 is 0 Å². The highest BCUT2D eigenvalue weighted by Gasteiger charge is 2.33. The van der Waals surface area contributed by atoms with Crippen molar-refractivity contribution in [2.45, 2.75) is 12.0 Å². The fraction of sp³-hybridized carbons (Fsp3) is 0.308.